The van der Waals surface area contributed by atoms with Crippen LogP contribution < -0.4 is 0 Å². The Morgan fingerprint density at radius 3 is 2.58 bits per heavy atom. The molecule has 1 aliphatic carbocycles. The highest BCUT2D eigenvalue weighted by Crippen LogP contribution is 2.33. The highest BCUT2D eigenvalue weighted by molar-refractivity contribution is 5.90. The largest absolute Gasteiger partial charge is 0.481 e. The lowest BCUT2D eigenvalue weighted by Crippen LogP contribution is -2.22. The summed E-state index contributed by atoms with van der Waals surface area (Å²) in [6.07, 6.45) is 8.39. The highest BCUT2D eigenvalue weighted by atomic mass is 16.4. The van der Waals surface area contributed by atoms with Gasteiger partial charge in [-0.05, 0) is 6.42 Å². The topological polar surface area (TPSA) is 112 Å². The quantitative estimate of drug-likeness (QED) is 0.361. The molecule has 2 unspecified atom stereocenters. The SMILES string of the molecule is CCCCCC(O)/C=C/[C@H]1C(O)CC(=O)[C@@H]1CC(=O)C/C=C/CC(=O)O. The number of rotatable bonds is 12. The van der Waals surface area contributed by atoms with Gasteiger partial charge in [-0.1, -0.05) is 50.5 Å². The molecule has 146 valence electrons. The van der Waals surface area contributed by atoms with Crippen molar-refractivity contribution in [3.05, 3.63) is 24.3 Å². The molecule has 0 aromatic rings. The Morgan fingerprint density at radius 1 is 1.23 bits per heavy atom. The van der Waals surface area contributed by atoms with E-state index in [1.165, 1.54) is 12.2 Å². The molecule has 1 saturated carbocycles. The minimum atomic E-state index is -0.967. The summed E-state index contributed by atoms with van der Waals surface area (Å²) in [5, 5.41) is 28.6. The zero-order valence-electron chi connectivity index (χ0n) is 15.3. The average molecular weight is 366 g/mol. The van der Waals surface area contributed by atoms with Gasteiger partial charge < -0.3 is 15.3 Å². The number of aliphatic hydroxyl groups is 2. The maximum atomic E-state index is 12.1. The third kappa shape index (κ3) is 8.06. The standard InChI is InChI=1S/C20H30O6/c1-2-3-4-7-14(21)10-11-16-17(19(24)13-18(16)23)12-15(22)8-5-6-9-20(25)26/h5-6,10-11,14,16-18,21,23H,2-4,7-9,12-13H2,1H3,(H,25,26)/b6-5+,11-10+/t14?,16-,17-,18?/m1/s1. The van der Waals surface area contributed by atoms with Crippen molar-refractivity contribution >= 4 is 17.5 Å². The van der Waals surface area contributed by atoms with Crippen LogP contribution in [0.4, 0.5) is 0 Å². The highest BCUT2D eigenvalue weighted by Gasteiger charge is 2.40. The minimum Gasteiger partial charge on any atom is -0.481 e. The van der Waals surface area contributed by atoms with Crippen LogP contribution in [0.15, 0.2) is 24.3 Å². The number of aliphatic hydroxyl groups excluding tert-OH is 2. The summed E-state index contributed by atoms with van der Waals surface area (Å²) in [5.74, 6) is -2.32. The van der Waals surface area contributed by atoms with Crippen LogP contribution in [0.1, 0.15) is 58.3 Å². The first-order valence-electron chi connectivity index (χ1n) is 9.30. The molecular weight excluding hydrogens is 336 g/mol. The molecule has 0 radical (unpaired) electrons. The van der Waals surface area contributed by atoms with Crippen molar-refractivity contribution in [3.63, 3.8) is 0 Å². The van der Waals surface area contributed by atoms with Gasteiger partial charge in [-0.3, -0.25) is 14.4 Å². The normalized spacial score (nSPS) is 24.6. The van der Waals surface area contributed by atoms with E-state index >= 15 is 0 Å². The molecule has 0 aliphatic heterocycles. The third-order valence-electron chi connectivity index (χ3n) is 4.64. The number of hydrogen-bond donors (Lipinski definition) is 3. The van der Waals surface area contributed by atoms with Crippen LogP contribution in [0.5, 0.6) is 0 Å². The zero-order valence-corrected chi connectivity index (χ0v) is 15.3. The second-order valence-electron chi connectivity index (χ2n) is 6.89. The maximum Gasteiger partial charge on any atom is 0.307 e. The van der Waals surface area contributed by atoms with E-state index in [9.17, 15) is 24.6 Å². The molecule has 3 N–H and O–H groups in total. The zero-order chi connectivity index (χ0) is 19.5. The Morgan fingerprint density at radius 2 is 1.92 bits per heavy atom. The number of unbranched alkanes of at least 4 members (excludes halogenated alkanes) is 2. The Labute approximate surface area is 154 Å². The number of allylic oxidation sites excluding steroid dienone is 1. The summed E-state index contributed by atoms with van der Waals surface area (Å²) in [5.41, 5.74) is 0. The average Bonchev–Trinajstić information content (AvgIpc) is 2.83. The van der Waals surface area contributed by atoms with Gasteiger partial charge in [-0.15, -0.1) is 0 Å². The van der Waals surface area contributed by atoms with Gasteiger partial charge in [-0.2, -0.15) is 0 Å². The lowest BCUT2D eigenvalue weighted by Gasteiger charge is -2.17. The molecule has 1 fully saturated rings. The molecule has 0 saturated heterocycles. The number of carbonyl (C=O) groups is 3. The van der Waals surface area contributed by atoms with Crippen LogP contribution in [-0.4, -0.2) is 45.1 Å². The summed E-state index contributed by atoms with van der Waals surface area (Å²) in [6.45, 7) is 2.08. The number of hydrogen-bond acceptors (Lipinski definition) is 5. The second kappa shape index (κ2) is 11.8. The number of carboxylic acid groups (broad SMARTS) is 1. The molecule has 0 spiro atoms. The maximum absolute atomic E-state index is 12.1. The van der Waals surface area contributed by atoms with Crippen LogP contribution in [0.2, 0.25) is 0 Å². The van der Waals surface area contributed by atoms with E-state index < -0.39 is 30.0 Å². The smallest absolute Gasteiger partial charge is 0.307 e. The monoisotopic (exact) mass is 366 g/mol. The van der Waals surface area contributed by atoms with Crippen LogP contribution in [0.3, 0.4) is 0 Å². The second-order valence-corrected chi connectivity index (χ2v) is 6.89. The van der Waals surface area contributed by atoms with Crippen molar-refractivity contribution in [3.8, 4) is 0 Å². The molecule has 0 aromatic heterocycles. The number of ketones is 2. The minimum absolute atomic E-state index is 0.0216. The molecule has 0 amide bonds. The van der Waals surface area contributed by atoms with Gasteiger partial charge in [0.25, 0.3) is 0 Å². The number of Topliss-reactive ketones (excluding diaryl/α,β-unsaturated/α-hetero) is 2. The van der Waals surface area contributed by atoms with E-state index in [4.69, 9.17) is 5.11 Å². The van der Waals surface area contributed by atoms with Gasteiger partial charge in [0.15, 0.2) is 0 Å². The van der Waals surface area contributed by atoms with Crippen LogP contribution >= 0.6 is 0 Å². The van der Waals surface area contributed by atoms with E-state index in [0.717, 1.165) is 19.3 Å². The number of carbonyl (C=O) groups excluding carboxylic acids is 2. The fourth-order valence-corrected chi connectivity index (χ4v) is 3.17. The van der Waals surface area contributed by atoms with Crippen LogP contribution in [0, 0.1) is 11.8 Å². The molecule has 6 nitrogen and oxygen atoms in total. The summed E-state index contributed by atoms with van der Waals surface area (Å²) in [7, 11) is 0. The van der Waals surface area contributed by atoms with Gasteiger partial charge in [0.2, 0.25) is 0 Å². The molecule has 1 aliphatic rings. The predicted molar refractivity (Wildman–Crippen MR) is 97.5 cm³/mol. The molecule has 26 heavy (non-hydrogen) atoms. The van der Waals surface area contributed by atoms with E-state index in [1.54, 1.807) is 12.2 Å². The van der Waals surface area contributed by atoms with Crippen molar-refractivity contribution in [1.82, 2.24) is 0 Å². The third-order valence-corrected chi connectivity index (χ3v) is 4.64. The summed E-state index contributed by atoms with van der Waals surface area (Å²) < 4.78 is 0. The Balaban J connectivity index is 2.58. The first-order valence-corrected chi connectivity index (χ1v) is 9.30. The van der Waals surface area contributed by atoms with E-state index in [-0.39, 0.29) is 37.2 Å². The molecule has 0 bridgehead atoms. The van der Waals surface area contributed by atoms with Gasteiger partial charge in [-0.25, -0.2) is 0 Å². The lowest BCUT2D eigenvalue weighted by molar-refractivity contribution is -0.136. The van der Waals surface area contributed by atoms with Crippen molar-refractivity contribution in [2.24, 2.45) is 11.8 Å². The van der Waals surface area contributed by atoms with E-state index in [0.29, 0.717) is 6.42 Å². The fourth-order valence-electron chi connectivity index (χ4n) is 3.17. The summed E-state index contributed by atoms with van der Waals surface area (Å²) in [4.78, 5) is 34.6. The fraction of sp³-hybridized carbons (Fsp3) is 0.650. The van der Waals surface area contributed by atoms with Crippen molar-refractivity contribution in [2.75, 3.05) is 0 Å². The van der Waals surface area contributed by atoms with E-state index in [1.807, 2.05) is 0 Å². The van der Waals surface area contributed by atoms with Gasteiger partial charge in [0.1, 0.15) is 11.6 Å². The predicted octanol–water partition coefficient (Wildman–Crippen LogP) is 2.43. The van der Waals surface area contributed by atoms with Crippen molar-refractivity contribution in [2.45, 2.75) is 70.5 Å². The number of aliphatic carboxylic acids is 1. The molecule has 1 rings (SSSR count). The molecular formula is C20H30O6. The molecule has 4 atom stereocenters. The van der Waals surface area contributed by atoms with Gasteiger partial charge in [0.05, 0.1) is 18.6 Å². The summed E-state index contributed by atoms with van der Waals surface area (Å²) in [6, 6.07) is 0. The van der Waals surface area contributed by atoms with Crippen LogP contribution in [-0.2, 0) is 14.4 Å². The molecule has 0 heterocycles. The molecule has 6 heteroatoms. The first kappa shape index (κ1) is 22.3. The van der Waals surface area contributed by atoms with Crippen LogP contribution in [0.25, 0.3) is 0 Å². The summed E-state index contributed by atoms with van der Waals surface area (Å²) >= 11 is 0. The van der Waals surface area contributed by atoms with E-state index in [2.05, 4.69) is 6.92 Å². The van der Waals surface area contributed by atoms with Gasteiger partial charge >= 0.3 is 5.97 Å². The Bertz CT molecular complexity index is 536. The Kier molecular flexibility index (Phi) is 10.1. The van der Waals surface area contributed by atoms with Gasteiger partial charge in [0, 0.05) is 31.1 Å². The van der Waals surface area contributed by atoms with Crippen molar-refractivity contribution in [1.29, 1.82) is 0 Å². The lowest BCUT2D eigenvalue weighted by atomic mass is 9.88. The first-order chi connectivity index (χ1) is 12.3. The Hall–Kier alpha value is -1.79. The van der Waals surface area contributed by atoms with Crippen molar-refractivity contribution < 1.29 is 29.7 Å². The number of carboxylic acids is 1. The molecule has 0 aromatic carbocycles.